The maximum atomic E-state index is 13.5. The molecule has 3 aromatic rings. The molecule has 2 heterocycles. The molecule has 0 spiro atoms. The number of nitrogens with zero attached hydrogens (tertiary/aromatic N) is 4. The quantitative estimate of drug-likeness (QED) is 0.600. The van der Waals surface area contributed by atoms with Gasteiger partial charge in [0.1, 0.15) is 11.8 Å². The lowest BCUT2D eigenvalue weighted by Crippen LogP contribution is -2.60. The lowest BCUT2D eigenvalue weighted by atomic mass is 10.0. The number of carbonyl (C=O) groups excluding carboxylic acids is 2. The Morgan fingerprint density at radius 2 is 1.91 bits per heavy atom. The van der Waals surface area contributed by atoms with Crippen molar-refractivity contribution in [3.63, 3.8) is 0 Å². The van der Waals surface area contributed by atoms with Gasteiger partial charge in [-0.1, -0.05) is 30.3 Å². The molecule has 8 heteroatoms. The van der Waals surface area contributed by atoms with Crippen molar-refractivity contribution in [1.29, 1.82) is 0 Å². The van der Waals surface area contributed by atoms with E-state index in [0.717, 1.165) is 12.1 Å². The predicted molar refractivity (Wildman–Crippen MR) is 125 cm³/mol. The van der Waals surface area contributed by atoms with Gasteiger partial charge in [0.15, 0.2) is 0 Å². The monoisotopic (exact) mass is 447 g/mol. The van der Waals surface area contributed by atoms with Gasteiger partial charge < -0.3 is 15.0 Å². The molecule has 2 aromatic carbocycles. The van der Waals surface area contributed by atoms with Crippen LogP contribution in [-0.2, 0) is 17.9 Å². The Morgan fingerprint density at radius 3 is 2.61 bits per heavy atom. The number of amides is 2. The van der Waals surface area contributed by atoms with E-state index >= 15 is 0 Å². The number of piperazine rings is 1. The molecule has 1 saturated heterocycles. The molecule has 1 aromatic heterocycles. The molecular weight excluding hydrogens is 418 g/mol. The Hall–Kier alpha value is -3.65. The van der Waals surface area contributed by atoms with Gasteiger partial charge in [0, 0.05) is 56.7 Å². The van der Waals surface area contributed by atoms with Crippen LogP contribution in [0.1, 0.15) is 21.5 Å². The van der Waals surface area contributed by atoms with Crippen molar-refractivity contribution in [3.8, 4) is 5.75 Å². The van der Waals surface area contributed by atoms with Crippen LogP contribution in [0.5, 0.6) is 5.75 Å². The Labute approximate surface area is 193 Å². The van der Waals surface area contributed by atoms with Crippen LogP contribution < -0.4 is 10.1 Å². The smallest absolute Gasteiger partial charge is 0.254 e. The van der Waals surface area contributed by atoms with Crippen LogP contribution >= 0.6 is 0 Å². The van der Waals surface area contributed by atoms with Gasteiger partial charge >= 0.3 is 0 Å². The molecule has 2 amide bonds. The molecule has 0 saturated carbocycles. The van der Waals surface area contributed by atoms with Gasteiger partial charge in [0.05, 0.1) is 13.7 Å². The highest BCUT2D eigenvalue weighted by Gasteiger charge is 2.35. The standard InChI is InChI=1S/C25H29N5O3/c1-26-24(31)22-18-28(16-19-7-4-3-5-8-19)13-14-30(22)25(32)20-9-10-23(33-2)21(15-20)17-29-12-6-11-27-29/h3-12,15,22H,13-14,16-18H2,1-2H3,(H,26,31)/t22-/m0/s1. The van der Waals surface area contributed by atoms with Gasteiger partial charge in [0.2, 0.25) is 5.91 Å². The Balaban J connectivity index is 1.54. The van der Waals surface area contributed by atoms with Crippen molar-refractivity contribution in [2.45, 2.75) is 19.1 Å². The molecule has 172 valence electrons. The second kappa shape index (κ2) is 10.3. The molecule has 0 aliphatic carbocycles. The second-order valence-corrected chi connectivity index (χ2v) is 8.08. The average Bonchev–Trinajstić information content (AvgIpc) is 3.37. The average molecular weight is 448 g/mol. The number of ether oxygens (including phenoxy) is 1. The van der Waals surface area contributed by atoms with Gasteiger partial charge in [-0.15, -0.1) is 0 Å². The molecule has 0 bridgehead atoms. The van der Waals surface area contributed by atoms with Gasteiger partial charge in [0.25, 0.3) is 5.91 Å². The number of nitrogens with one attached hydrogen (secondary N) is 1. The maximum absolute atomic E-state index is 13.5. The number of methoxy groups -OCH3 is 1. The topological polar surface area (TPSA) is 79.7 Å². The lowest BCUT2D eigenvalue weighted by molar-refractivity contribution is -0.127. The molecule has 1 atom stereocenters. The molecule has 1 aliphatic heterocycles. The molecule has 1 N–H and O–H groups in total. The summed E-state index contributed by atoms with van der Waals surface area (Å²) in [5, 5.41) is 6.97. The molecular formula is C25H29N5O3. The van der Waals surface area contributed by atoms with E-state index in [4.69, 9.17) is 4.74 Å². The minimum Gasteiger partial charge on any atom is -0.496 e. The largest absolute Gasteiger partial charge is 0.496 e. The van der Waals surface area contributed by atoms with Gasteiger partial charge in [-0.05, 0) is 29.8 Å². The Morgan fingerprint density at radius 1 is 1.09 bits per heavy atom. The van der Waals surface area contributed by atoms with Gasteiger partial charge in [-0.3, -0.25) is 19.2 Å². The summed E-state index contributed by atoms with van der Waals surface area (Å²) in [5.74, 6) is 0.372. The van der Waals surface area contributed by atoms with Crippen LogP contribution in [0.2, 0.25) is 0 Å². The van der Waals surface area contributed by atoms with Gasteiger partial charge in [-0.2, -0.15) is 5.10 Å². The number of hydrogen-bond acceptors (Lipinski definition) is 5. The zero-order valence-electron chi connectivity index (χ0n) is 19.0. The molecule has 1 aliphatic rings. The molecule has 33 heavy (non-hydrogen) atoms. The normalized spacial score (nSPS) is 16.4. The minimum atomic E-state index is -0.559. The maximum Gasteiger partial charge on any atom is 0.254 e. The van der Waals surface area contributed by atoms with E-state index in [-0.39, 0.29) is 11.8 Å². The van der Waals surface area contributed by atoms with E-state index in [1.165, 1.54) is 5.56 Å². The zero-order chi connectivity index (χ0) is 23.2. The summed E-state index contributed by atoms with van der Waals surface area (Å²) in [7, 11) is 3.22. The molecule has 0 radical (unpaired) electrons. The van der Waals surface area contributed by atoms with E-state index in [2.05, 4.69) is 27.4 Å². The van der Waals surface area contributed by atoms with E-state index in [0.29, 0.717) is 37.5 Å². The summed E-state index contributed by atoms with van der Waals surface area (Å²) in [6.45, 7) is 2.89. The summed E-state index contributed by atoms with van der Waals surface area (Å²) in [4.78, 5) is 30.1. The van der Waals surface area contributed by atoms with Crippen molar-refractivity contribution in [2.24, 2.45) is 0 Å². The Bertz CT molecular complexity index is 1080. The highest BCUT2D eigenvalue weighted by atomic mass is 16.5. The third-order valence-electron chi connectivity index (χ3n) is 5.94. The van der Waals surface area contributed by atoms with Crippen LogP contribution in [0, 0.1) is 0 Å². The number of benzene rings is 2. The first-order chi connectivity index (χ1) is 16.1. The van der Waals surface area contributed by atoms with Crippen molar-refractivity contribution in [3.05, 3.63) is 83.7 Å². The number of rotatable bonds is 7. The van der Waals surface area contributed by atoms with Crippen LogP contribution in [0.3, 0.4) is 0 Å². The third-order valence-corrected chi connectivity index (χ3v) is 5.94. The highest BCUT2D eigenvalue weighted by Crippen LogP contribution is 2.23. The minimum absolute atomic E-state index is 0.160. The number of hydrogen-bond donors (Lipinski definition) is 1. The second-order valence-electron chi connectivity index (χ2n) is 8.08. The summed E-state index contributed by atoms with van der Waals surface area (Å²) in [6, 6.07) is 16.8. The molecule has 1 fully saturated rings. The fraction of sp³-hybridized carbons (Fsp3) is 0.320. The van der Waals surface area contributed by atoms with Crippen molar-refractivity contribution < 1.29 is 14.3 Å². The zero-order valence-corrected chi connectivity index (χ0v) is 19.0. The van der Waals surface area contributed by atoms with Crippen LogP contribution in [0.4, 0.5) is 0 Å². The number of aromatic nitrogens is 2. The summed E-state index contributed by atoms with van der Waals surface area (Å²) in [5.41, 5.74) is 2.57. The Kier molecular flexibility index (Phi) is 7.04. The van der Waals surface area contributed by atoms with Crippen molar-refractivity contribution >= 4 is 11.8 Å². The summed E-state index contributed by atoms with van der Waals surface area (Å²) < 4.78 is 7.26. The van der Waals surface area contributed by atoms with E-state index in [1.54, 1.807) is 42.1 Å². The van der Waals surface area contributed by atoms with Crippen molar-refractivity contribution in [1.82, 2.24) is 24.9 Å². The third kappa shape index (κ3) is 5.23. The van der Waals surface area contributed by atoms with E-state index in [1.807, 2.05) is 36.5 Å². The molecule has 0 unspecified atom stereocenters. The number of likely N-dealkylation sites (N-methyl/N-ethyl adjacent to an activating group) is 1. The highest BCUT2D eigenvalue weighted by molar-refractivity contribution is 5.98. The van der Waals surface area contributed by atoms with Crippen molar-refractivity contribution in [2.75, 3.05) is 33.8 Å². The molecule has 8 nitrogen and oxygen atoms in total. The fourth-order valence-corrected chi connectivity index (χ4v) is 4.23. The summed E-state index contributed by atoms with van der Waals surface area (Å²) >= 11 is 0. The van der Waals surface area contributed by atoms with Crippen LogP contribution in [0.25, 0.3) is 0 Å². The molecule has 4 rings (SSSR count). The van der Waals surface area contributed by atoms with Gasteiger partial charge in [-0.25, -0.2) is 0 Å². The SMILES string of the molecule is CNC(=O)[C@@H]1CN(Cc2ccccc2)CCN1C(=O)c1ccc(OC)c(Cn2cccn2)c1. The lowest BCUT2D eigenvalue weighted by Gasteiger charge is -2.40. The summed E-state index contributed by atoms with van der Waals surface area (Å²) in [6.07, 6.45) is 3.58. The van der Waals surface area contributed by atoms with E-state index in [9.17, 15) is 9.59 Å². The number of carbonyl (C=O) groups is 2. The van der Waals surface area contributed by atoms with Crippen LogP contribution in [0.15, 0.2) is 67.0 Å². The van der Waals surface area contributed by atoms with E-state index < -0.39 is 6.04 Å². The first-order valence-corrected chi connectivity index (χ1v) is 11.0. The first kappa shape index (κ1) is 22.5. The predicted octanol–water partition coefficient (Wildman–Crippen LogP) is 2.01. The fourth-order valence-electron chi connectivity index (χ4n) is 4.23. The van der Waals surface area contributed by atoms with Crippen LogP contribution in [-0.4, -0.2) is 71.2 Å². The first-order valence-electron chi connectivity index (χ1n) is 11.0.